The number of ether oxygens (including phenoxy) is 1. The van der Waals surface area contributed by atoms with Crippen LogP contribution in [0.3, 0.4) is 0 Å². The Hall–Kier alpha value is -2.56. The summed E-state index contributed by atoms with van der Waals surface area (Å²) in [5.41, 5.74) is 1.87. The molecule has 1 N–H and O–H groups in total. The summed E-state index contributed by atoms with van der Waals surface area (Å²) in [7, 11) is 1.61. The number of amides is 1. The average molecular weight is 298 g/mol. The van der Waals surface area contributed by atoms with E-state index < -0.39 is 0 Å². The lowest BCUT2D eigenvalue weighted by atomic mass is 10.1. The van der Waals surface area contributed by atoms with Crippen molar-refractivity contribution in [2.24, 2.45) is 0 Å². The molecule has 5 nitrogen and oxygen atoms in total. The number of methoxy groups -OCH3 is 1. The number of nitrogens with zero attached hydrogens (tertiary/aromatic N) is 2. The van der Waals surface area contributed by atoms with Crippen LogP contribution in [-0.4, -0.2) is 44.1 Å². The number of carbonyl (C=O) groups is 1. The van der Waals surface area contributed by atoms with Gasteiger partial charge in [-0.1, -0.05) is 6.07 Å². The lowest BCUT2D eigenvalue weighted by Crippen LogP contribution is -2.48. The number of aromatic amines is 1. The van der Waals surface area contributed by atoms with E-state index in [1.807, 2.05) is 35.5 Å². The molecule has 3 rings (SSSR count). The Kier molecular flexibility index (Phi) is 4.23. The molecule has 1 amide bonds. The van der Waals surface area contributed by atoms with Gasteiger partial charge < -0.3 is 14.5 Å². The van der Waals surface area contributed by atoms with E-state index in [1.165, 1.54) is 5.69 Å². The number of hydrogen-bond acceptors (Lipinski definition) is 3. The van der Waals surface area contributed by atoms with Crippen LogP contribution in [0.1, 0.15) is 10.4 Å². The van der Waals surface area contributed by atoms with Crippen LogP contribution < -0.4 is 14.6 Å². The van der Waals surface area contributed by atoms with Crippen LogP contribution in [0.5, 0.6) is 5.75 Å². The van der Waals surface area contributed by atoms with E-state index in [9.17, 15) is 4.79 Å². The fourth-order valence-corrected chi connectivity index (χ4v) is 2.70. The minimum Gasteiger partial charge on any atom is -0.497 e. The number of rotatable bonds is 3. The van der Waals surface area contributed by atoms with Gasteiger partial charge in [-0.05, 0) is 18.2 Å². The first-order chi connectivity index (χ1) is 10.8. The Morgan fingerprint density at radius 1 is 1.09 bits per heavy atom. The lowest BCUT2D eigenvalue weighted by Gasteiger charge is -2.35. The maximum atomic E-state index is 12.6. The van der Waals surface area contributed by atoms with Gasteiger partial charge in [0.05, 0.1) is 7.11 Å². The Morgan fingerprint density at radius 3 is 2.50 bits per heavy atom. The zero-order chi connectivity index (χ0) is 15.4. The molecule has 0 radical (unpaired) electrons. The summed E-state index contributed by atoms with van der Waals surface area (Å²) < 4.78 is 5.19. The Labute approximate surface area is 130 Å². The first-order valence-electron chi connectivity index (χ1n) is 7.42. The molecule has 1 fully saturated rings. The predicted molar refractivity (Wildman–Crippen MR) is 84.1 cm³/mol. The second-order valence-electron chi connectivity index (χ2n) is 5.27. The number of benzene rings is 1. The Bertz CT molecular complexity index is 637. The van der Waals surface area contributed by atoms with Gasteiger partial charge in [0.25, 0.3) is 5.91 Å². The van der Waals surface area contributed by atoms with Gasteiger partial charge in [0, 0.05) is 49.6 Å². The number of hydrogen-bond donors (Lipinski definition) is 0. The molecular formula is C17H20N3O2+. The van der Waals surface area contributed by atoms with Crippen molar-refractivity contribution in [1.82, 2.24) is 4.90 Å². The monoisotopic (exact) mass is 298 g/mol. The summed E-state index contributed by atoms with van der Waals surface area (Å²) >= 11 is 0. The van der Waals surface area contributed by atoms with Crippen LogP contribution in [0.15, 0.2) is 48.8 Å². The van der Waals surface area contributed by atoms with Crippen LogP contribution in [0.25, 0.3) is 0 Å². The van der Waals surface area contributed by atoms with Crippen LogP contribution in [0.4, 0.5) is 5.69 Å². The van der Waals surface area contributed by atoms with Crippen molar-refractivity contribution in [3.63, 3.8) is 0 Å². The molecule has 1 aromatic heterocycles. The van der Waals surface area contributed by atoms with E-state index in [4.69, 9.17) is 4.74 Å². The third kappa shape index (κ3) is 3.03. The van der Waals surface area contributed by atoms with Crippen molar-refractivity contribution in [1.29, 1.82) is 0 Å². The van der Waals surface area contributed by atoms with Crippen molar-refractivity contribution in [3.05, 3.63) is 54.4 Å². The van der Waals surface area contributed by atoms with E-state index in [1.54, 1.807) is 13.2 Å². The topological polar surface area (TPSA) is 46.9 Å². The van der Waals surface area contributed by atoms with Crippen molar-refractivity contribution >= 4 is 11.6 Å². The van der Waals surface area contributed by atoms with E-state index in [2.05, 4.69) is 22.0 Å². The van der Waals surface area contributed by atoms with Gasteiger partial charge in [-0.3, -0.25) is 4.79 Å². The molecular weight excluding hydrogens is 278 g/mol. The lowest BCUT2D eigenvalue weighted by molar-refractivity contribution is -0.377. The first-order valence-corrected chi connectivity index (χ1v) is 7.42. The van der Waals surface area contributed by atoms with Crippen molar-refractivity contribution in [2.75, 3.05) is 38.2 Å². The average Bonchev–Trinajstić information content (AvgIpc) is 2.62. The zero-order valence-electron chi connectivity index (χ0n) is 12.7. The summed E-state index contributed by atoms with van der Waals surface area (Å²) in [6.07, 6.45) is 3.84. The van der Waals surface area contributed by atoms with Gasteiger partial charge in [0.2, 0.25) is 0 Å². The van der Waals surface area contributed by atoms with Gasteiger partial charge in [0.15, 0.2) is 12.4 Å². The fraction of sp³-hybridized carbons (Fsp3) is 0.294. The van der Waals surface area contributed by atoms with E-state index in [0.29, 0.717) is 11.3 Å². The molecule has 0 aliphatic carbocycles. The molecule has 1 saturated heterocycles. The zero-order valence-corrected chi connectivity index (χ0v) is 12.7. The van der Waals surface area contributed by atoms with Crippen molar-refractivity contribution < 1.29 is 14.5 Å². The molecule has 1 aromatic carbocycles. The van der Waals surface area contributed by atoms with Gasteiger partial charge in [0.1, 0.15) is 5.75 Å². The van der Waals surface area contributed by atoms with E-state index >= 15 is 0 Å². The maximum absolute atomic E-state index is 12.6. The second kappa shape index (κ2) is 6.47. The Morgan fingerprint density at radius 2 is 1.82 bits per heavy atom. The number of pyridine rings is 1. The third-order valence-corrected chi connectivity index (χ3v) is 3.95. The number of carbonyl (C=O) groups excluding carboxylic acids is 1. The number of piperazine rings is 1. The summed E-state index contributed by atoms with van der Waals surface area (Å²) in [5.74, 6) is 0.782. The van der Waals surface area contributed by atoms with Crippen molar-refractivity contribution in [3.8, 4) is 5.75 Å². The van der Waals surface area contributed by atoms with Crippen LogP contribution in [-0.2, 0) is 0 Å². The van der Waals surface area contributed by atoms with Crippen LogP contribution in [0.2, 0.25) is 0 Å². The molecule has 0 atom stereocenters. The standard InChI is InChI=1S/C17H19N3O2/c1-22-16-4-2-3-14(13-16)17(21)20-11-9-19(10-12-20)15-5-7-18-8-6-15/h2-8,13H,9-12H2,1H3/p+1. The van der Waals surface area contributed by atoms with Gasteiger partial charge in [-0.25, -0.2) is 4.98 Å². The fourth-order valence-electron chi connectivity index (χ4n) is 2.70. The molecule has 1 aliphatic heterocycles. The molecule has 22 heavy (non-hydrogen) atoms. The van der Waals surface area contributed by atoms with Crippen LogP contribution >= 0.6 is 0 Å². The van der Waals surface area contributed by atoms with Crippen LogP contribution in [0, 0.1) is 0 Å². The molecule has 5 heteroatoms. The maximum Gasteiger partial charge on any atom is 0.254 e. The van der Waals surface area contributed by atoms with Gasteiger partial charge in [-0.15, -0.1) is 0 Å². The molecule has 114 valence electrons. The Balaban J connectivity index is 1.64. The molecule has 0 unspecified atom stereocenters. The minimum atomic E-state index is 0.0694. The smallest absolute Gasteiger partial charge is 0.254 e. The summed E-state index contributed by atoms with van der Waals surface area (Å²) in [4.78, 5) is 19.8. The van der Waals surface area contributed by atoms with E-state index in [-0.39, 0.29) is 5.91 Å². The molecule has 0 saturated carbocycles. The highest BCUT2D eigenvalue weighted by Gasteiger charge is 2.22. The summed E-state index contributed by atoms with van der Waals surface area (Å²) in [5, 5.41) is 0. The minimum absolute atomic E-state index is 0.0694. The molecule has 0 bridgehead atoms. The molecule has 2 heterocycles. The molecule has 0 spiro atoms. The SMILES string of the molecule is COc1cccc(C(=O)N2CCN(c3cc[nH+]cc3)CC2)c1. The number of anilines is 1. The second-order valence-corrected chi connectivity index (χ2v) is 5.27. The quantitative estimate of drug-likeness (QED) is 0.862. The molecule has 1 aliphatic rings. The number of nitrogens with one attached hydrogen (secondary N) is 1. The van der Waals surface area contributed by atoms with Gasteiger partial charge in [-0.2, -0.15) is 0 Å². The highest BCUT2D eigenvalue weighted by atomic mass is 16.5. The van der Waals surface area contributed by atoms with Crippen molar-refractivity contribution in [2.45, 2.75) is 0 Å². The van der Waals surface area contributed by atoms with Gasteiger partial charge >= 0.3 is 0 Å². The molecule has 2 aromatic rings. The summed E-state index contributed by atoms with van der Waals surface area (Å²) in [6.45, 7) is 3.16. The third-order valence-electron chi connectivity index (χ3n) is 3.95. The highest BCUT2D eigenvalue weighted by molar-refractivity contribution is 5.94. The summed E-state index contributed by atoms with van der Waals surface area (Å²) in [6, 6.07) is 11.4. The number of aromatic nitrogens is 1. The predicted octanol–water partition coefficient (Wildman–Crippen LogP) is 1.47. The largest absolute Gasteiger partial charge is 0.497 e. The number of H-pyrrole nitrogens is 1. The first kappa shape index (κ1) is 14.4. The highest BCUT2D eigenvalue weighted by Crippen LogP contribution is 2.18. The van der Waals surface area contributed by atoms with E-state index in [0.717, 1.165) is 26.2 Å². The normalized spacial score (nSPS) is 14.8.